The van der Waals surface area contributed by atoms with Gasteiger partial charge in [0.25, 0.3) is 5.56 Å². The molecule has 2 aromatic carbocycles. The second kappa shape index (κ2) is 8.77. The summed E-state index contributed by atoms with van der Waals surface area (Å²) in [5, 5.41) is 6.98. The van der Waals surface area contributed by atoms with Crippen molar-refractivity contribution in [3.63, 3.8) is 0 Å². The van der Waals surface area contributed by atoms with Gasteiger partial charge in [0.1, 0.15) is 6.54 Å². The Balaban J connectivity index is 1.65. The second-order valence-electron chi connectivity index (χ2n) is 6.24. The fourth-order valence-electron chi connectivity index (χ4n) is 2.60. The van der Waals surface area contributed by atoms with Gasteiger partial charge in [-0.3, -0.25) is 14.4 Å². The number of aromatic nitrogens is 2. The second-order valence-corrected chi connectivity index (χ2v) is 6.24. The van der Waals surface area contributed by atoms with Gasteiger partial charge in [0, 0.05) is 24.4 Å². The van der Waals surface area contributed by atoms with E-state index in [0.29, 0.717) is 11.4 Å². The van der Waals surface area contributed by atoms with Crippen molar-refractivity contribution < 1.29 is 9.59 Å². The summed E-state index contributed by atoms with van der Waals surface area (Å²) in [7, 11) is 1.51. The molecule has 3 rings (SSSR count). The highest BCUT2D eigenvalue weighted by Gasteiger charge is 2.15. The number of carbonyl (C=O) groups excluding carboxylic acids is 2. The standard InChI is InChI=1S/C21H20N4O3/c1-24(14-19(26)22-17-10-6-3-7-11-17)21(28)15-25-20(27)13-12-18(23-25)16-8-4-2-5-9-16/h2-13H,14-15H2,1H3,(H,22,26). The summed E-state index contributed by atoms with van der Waals surface area (Å²) < 4.78 is 1.11. The number of nitrogens with one attached hydrogen (secondary N) is 1. The van der Waals surface area contributed by atoms with Gasteiger partial charge in [0.15, 0.2) is 0 Å². The van der Waals surface area contributed by atoms with E-state index in [1.807, 2.05) is 48.5 Å². The lowest BCUT2D eigenvalue weighted by atomic mass is 10.1. The van der Waals surface area contributed by atoms with Gasteiger partial charge in [-0.1, -0.05) is 48.5 Å². The van der Waals surface area contributed by atoms with E-state index in [1.54, 1.807) is 18.2 Å². The summed E-state index contributed by atoms with van der Waals surface area (Å²) in [6.45, 7) is -0.366. The first kappa shape index (κ1) is 19.0. The van der Waals surface area contributed by atoms with Crippen molar-refractivity contribution >= 4 is 17.5 Å². The van der Waals surface area contributed by atoms with Gasteiger partial charge >= 0.3 is 0 Å². The Morgan fingerprint density at radius 1 is 0.964 bits per heavy atom. The molecule has 7 heteroatoms. The average molecular weight is 376 g/mol. The van der Waals surface area contributed by atoms with Crippen LogP contribution in [0.15, 0.2) is 77.6 Å². The third-order valence-electron chi connectivity index (χ3n) is 4.09. The molecule has 1 heterocycles. The van der Waals surface area contributed by atoms with Crippen LogP contribution in [0.2, 0.25) is 0 Å². The Morgan fingerprint density at radius 2 is 1.61 bits per heavy atom. The molecule has 2 amide bonds. The third kappa shape index (κ3) is 4.91. The maximum Gasteiger partial charge on any atom is 0.267 e. The fourth-order valence-corrected chi connectivity index (χ4v) is 2.60. The van der Waals surface area contributed by atoms with E-state index >= 15 is 0 Å². The minimum atomic E-state index is -0.386. The molecule has 0 spiro atoms. The lowest BCUT2D eigenvalue weighted by Crippen LogP contribution is -2.39. The molecule has 0 unspecified atom stereocenters. The molecule has 0 saturated carbocycles. The van der Waals surface area contributed by atoms with E-state index in [9.17, 15) is 14.4 Å². The van der Waals surface area contributed by atoms with Crippen molar-refractivity contribution in [2.45, 2.75) is 6.54 Å². The highest BCUT2D eigenvalue weighted by Crippen LogP contribution is 2.14. The first-order chi connectivity index (χ1) is 13.5. The first-order valence-corrected chi connectivity index (χ1v) is 8.75. The van der Waals surface area contributed by atoms with Crippen LogP contribution in [0.5, 0.6) is 0 Å². The minimum Gasteiger partial charge on any atom is -0.335 e. The van der Waals surface area contributed by atoms with E-state index in [2.05, 4.69) is 10.4 Å². The number of hydrogen-bond acceptors (Lipinski definition) is 4. The Morgan fingerprint density at radius 3 is 2.29 bits per heavy atom. The average Bonchev–Trinajstić information content (AvgIpc) is 2.71. The molecule has 28 heavy (non-hydrogen) atoms. The summed E-state index contributed by atoms with van der Waals surface area (Å²) in [6, 6.07) is 21.4. The topological polar surface area (TPSA) is 84.3 Å². The number of likely N-dealkylation sites (N-methyl/N-ethyl adjacent to an activating group) is 1. The van der Waals surface area contributed by atoms with Crippen LogP contribution in [0.4, 0.5) is 5.69 Å². The minimum absolute atomic E-state index is 0.124. The third-order valence-corrected chi connectivity index (χ3v) is 4.09. The number of benzene rings is 2. The van der Waals surface area contributed by atoms with Gasteiger partial charge in [-0.2, -0.15) is 5.10 Å². The van der Waals surface area contributed by atoms with Crippen LogP contribution in [0.25, 0.3) is 11.3 Å². The van der Waals surface area contributed by atoms with Crippen molar-refractivity contribution in [1.29, 1.82) is 0 Å². The Kier molecular flexibility index (Phi) is 5.96. The van der Waals surface area contributed by atoms with Crippen LogP contribution in [-0.4, -0.2) is 40.1 Å². The van der Waals surface area contributed by atoms with E-state index in [-0.39, 0.29) is 30.5 Å². The zero-order valence-electron chi connectivity index (χ0n) is 15.4. The molecule has 0 atom stereocenters. The van der Waals surface area contributed by atoms with Crippen molar-refractivity contribution in [2.24, 2.45) is 0 Å². The number of amides is 2. The number of carbonyl (C=O) groups is 2. The molecular weight excluding hydrogens is 356 g/mol. The van der Waals surface area contributed by atoms with Crippen molar-refractivity contribution in [3.05, 3.63) is 83.2 Å². The van der Waals surface area contributed by atoms with Gasteiger partial charge in [0.2, 0.25) is 11.8 Å². The predicted octanol–water partition coefficient (Wildman–Crippen LogP) is 2.01. The van der Waals surface area contributed by atoms with Gasteiger partial charge < -0.3 is 10.2 Å². The molecule has 0 aliphatic rings. The smallest absolute Gasteiger partial charge is 0.267 e. The summed E-state index contributed by atoms with van der Waals surface area (Å²) in [5.41, 5.74) is 1.72. The summed E-state index contributed by atoms with van der Waals surface area (Å²) in [4.78, 5) is 37.9. The molecule has 1 N–H and O–H groups in total. The number of rotatable bonds is 6. The Hall–Kier alpha value is -3.74. The van der Waals surface area contributed by atoms with Gasteiger partial charge in [-0.05, 0) is 18.2 Å². The van der Waals surface area contributed by atoms with Gasteiger partial charge in [0.05, 0.1) is 12.2 Å². The molecule has 7 nitrogen and oxygen atoms in total. The summed E-state index contributed by atoms with van der Waals surface area (Å²) in [5.74, 6) is -0.705. The number of anilines is 1. The van der Waals surface area contributed by atoms with Crippen molar-refractivity contribution in [2.75, 3.05) is 18.9 Å². The van der Waals surface area contributed by atoms with E-state index < -0.39 is 0 Å². The predicted molar refractivity (Wildman–Crippen MR) is 107 cm³/mol. The molecule has 0 radical (unpaired) electrons. The largest absolute Gasteiger partial charge is 0.335 e. The normalized spacial score (nSPS) is 10.3. The molecule has 0 fully saturated rings. The van der Waals surface area contributed by atoms with Crippen LogP contribution in [0, 0.1) is 0 Å². The molecule has 1 aromatic heterocycles. The quantitative estimate of drug-likeness (QED) is 0.713. The number of nitrogens with zero attached hydrogens (tertiary/aromatic N) is 3. The maximum absolute atomic E-state index is 12.4. The number of para-hydroxylation sites is 1. The van der Waals surface area contributed by atoms with Gasteiger partial charge in [-0.15, -0.1) is 0 Å². The van der Waals surface area contributed by atoms with Gasteiger partial charge in [-0.25, -0.2) is 4.68 Å². The van der Waals surface area contributed by atoms with Crippen LogP contribution >= 0.6 is 0 Å². The molecule has 3 aromatic rings. The number of hydrogen-bond donors (Lipinski definition) is 1. The monoisotopic (exact) mass is 376 g/mol. The lowest BCUT2D eigenvalue weighted by Gasteiger charge is -2.17. The van der Waals surface area contributed by atoms with Crippen LogP contribution in [0.3, 0.4) is 0 Å². The zero-order valence-corrected chi connectivity index (χ0v) is 15.4. The Labute approximate surface area is 162 Å². The summed E-state index contributed by atoms with van der Waals surface area (Å²) >= 11 is 0. The van der Waals surface area contributed by atoms with E-state index in [0.717, 1.165) is 10.2 Å². The van der Waals surface area contributed by atoms with Crippen LogP contribution in [0.1, 0.15) is 0 Å². The highest BCUT2D eigenvalue weighted by atomic mass is 16.2. The Bertz CT molecular complexity index is 1020. The lowest BCUT2D eigenvalue weighted by molar-refractivity contribution is -0.134. The first-order valence-electron chi connectivity index (χ1n) is 8.75. The van der Waals surface area contributed by atoms with Crippen molar-refractivity contribution in [3.8, 4) is 11.3 Å². The van der Waals surface area contributed by atoms with Crippen LogP contribution < -0.4 is 10.9 Å². The molecule has 0 bridgehead atoms. The van der Waals surface area contributed by atoms with E-state index in [4.69, 9.17) is 0 Å². The van der Waals surface area contributed by atoms with Crippen molar-refractivity contribution in [1.82, 2.24) is 14.7 Å². The molecular formula is C21H20N4O3. The molecule has 0 aliphatic carbocycles. The van der Waals surface area contributed by atoms with E-state index in [1.165, 1.54) is 18.0 Å². The highest BCUT2D eigenvalue weighted by molar-refractivity contribution is 5.94. The molecule has 0 saturated heterocycles. The maximum atomic E-state index is 12.4. The SMILES string of the molecule is CN(CC(=O)Nc1ccccc1)C(=O)Cn1nc(-c2ccccc2)ccc1=O. The fraction of sp³-hybridized carbons (Fsp3) is 0.143. The summed E-state index contributed by atoms with van der Waals surface area (Å²) in [6.07, 6.45) is 0. The molecule has 142 valence electrons. The van der Waals surface area contributed by atoms with Crippen LogP contribution in [-0.2, 0) is 16.1 Å². The molecule has 0 aliphatic heterocycles. The zero-order chi connectivity index (χ0) is 19.9.